The molecule has 0 radical (unpaired) electrons. The molecule has 2 aliphatic heterocycles. The molecule has 4 rings (SSSR count). The van der Waals surface area contributed by atoms with Crippen molar-refractivity contribution >= 4 is 22.6 Å². The number of carbonyl (C=O) groups excluding carboxylic acids is 2. The zero-order valence-corrected chi connectivity index (χ0v) is 17.6. The van der Waals surface area contributed by atoms with Crippen LogP contribution < -0.4 is 0 Å². The molecule has 2 atom stereocenters. The molecule has 5 heteroatoms. The lowest BCUT2D eigenvalue weighted by Gasteiger charge is -2.47. The van der Waals surface area contributed by atoms with Crippen molar-refractivity contribution in [1.29, 1.82) is 0 Å². The van der Waals surface area contributed by atoms with E-state index in [4.69, 9.17) is 9.47 Å². The van der Waals surface area contributed by atoms with Crippen molar-refractivity contribution in [1.82, 2.24) is 4.90 Å². The highest BCUT2D eigenvalue weighted by molar-refractivity contribution is 6.09. The summed E-state index contributed by atoms with van der Waals surface area (Å²) in [5.41, 5.74) is 1.41. The van der Waals surface area contributed by atoms with Crippen LogP contribution >= 0.6 is 0 Å². The molecule has 154 valence electrons. The fraction of sp³-hybridized carbons (Fsp3) is 0.500. The molecule has 0 aliphatic carbocycles. The Bertz CT molecular complexity index is 932. The van der Waals surface area contributed by atoms with Gasteiger partial charge in [-0.05, 0) is 56.9 Å². The molecule has 2 unspecified atom stereocenters. The fourth-order valence-corrected chi connectivity index (χ4v) is 4.63. The summed E-state index contributed by atoms with van der Waals surface area (Å²) in [6.45, 7) is 8.59. The normalized spacial score (nSPS) is 24.4. The summed E-state index contributed by atoms with van der Waals surface area (Å²) in [4.78, 5) is 28.0. The lowest BCUT2D eigenvalue weighted by atomic mass is 9.80. The molecule has 0 N–H and O–H groups in total. The van der Waals surface area contributed by atoms with E-state index in [1.54, 1.807) is 0 Å². The number of hydrogen-bond acceptors (Lipinski definition) is 4. The summed E-state index contributed by atoms with van der Waals surface area (Å²) in [6, 6.07) is 11.8. The second-order valence-electron chi connectivity index (χ2n) is 9.24. The maximum Gasteiger partial charge on any atom is 0.410 e. The number of fused-ring (bicyclic) bond motifs is 3. The summed E-state index contributed by atoms with van der Waals surface area (Å²) in [7, 11) is 0. The summed E-state index contributed by atoms with van der Waals surface area (Å²) < 4.78 is 11.3. The Hall–Kier alpha value is -2.40. The Morgan fingerprint density at radius 3 is 2.24 bits per heavy atom. The predicted octanol–water partition coefficient (Wildman–Crippen LogP) is 4.75. The molecule has 2 saturated heterocycles. The number of piperidine rings is 1. The number of aryl methyl sites for hydroxylation is 1. The van der Waals surface area contributed by atoms with Crippen molar-refractivity contribution in [2.45, 2.75) is 58.2 Å². The van der Waals surface area contributed by atoms with E-state index in [2.05, 4.69) is 13.0 Å². The lowest BCUT2D eigenvalue weighted by Crippen LogP contribution is -2.60. The molecule has 0 saturated carbocycles. The van der Waals surface area contributed by atoms with Gasteiger partial charge in [-0.25, -0.2) is 4.79 Å². The van der Waals surface area contributed by atoms with Gasteiger partial charge < -0.3 is 9.47 Å². The SMILES string of the molecule is Cc1ccc(C(=O)C2CC3COCC(C2)N3C(=O)OC(C)(C)C)c2ccccc12. The lowest BCUT2D eigenvalue weighted by molar-refractivity contribution is -0.0861. The molecule has 2 fully saturated rings. The van der Waals surface area contributed by atoms with Crippen LogP contribution in [0.3, 0.4) is 0 Å². The Kier molecular flexibility index (Phi) is 5.11. The number of benzene rings is 2. The number of ether oxygens (including phenoxy) is 2. The topological polar surface area (TPSA) is 55.8 Å². The zero-order chi connectivity index (χ0) is 20.8. The van der Waals surface area contributed by atoms with Crippen LogP contribution in [0.25, 0.3) is 10.8 Å². The number of nitrogens with zero attached hydrogens (tertiary/aromatic N) is 1. The van der Waals surface area contributed by atoms with Gasteiger partial charge >= 0.3 is 6.09 Å². The minimum Gasteiger partial charge on any atom is -0.444 e. The smallest absolute Gasteiger partial charge is 0.410 e. The minimum atomic E-state index is -0.542. The highest BCUT2D eigenvalue weighted by atomic mass is 16.6. The maximum atomic E-state index is 13.5. The monoisotopic (exact) mass is 395 g/mol. The van der Waals surface area contributed by atoms with Crippen LogP contribution in [0.2, 0.25) is 0 Å². The van der Waals surface area contributed by atoms with Crippen molar-refractivity contribution in [3.8, 4) is 0 Å². The number of Topliss-reactive ketones (excluding diaryl/α,β-unsaturated/α-hetero) is 1. The van der Waals surface area contributed by atoms with Crippen LogP contribution in [0.15, 0.2) is 36.4 Å². The van der Waals surface area contributed by atoms with Crippen LogP contribution in [-0.4, -0.2) is 47.7 Å². The molecular weight excluding hydrogens is 366 g/mol. The number of carbonyl (C=O) groups is 2. The third kappa shape index (κ3) is 3.88. The van der Waals surface area contributed by atoms with Gasteiger partial charge in [0.2, 0.25) is 0 Å². The molecule has 0 aromatic heterocycles. The second-order valence-corrected chi connectivity index (χ2v) is 9.24. The predicted molar refractivity (Wildman–Crippen MR) is 112 cm³/mol. The molecular formula is C24H29NO4. The number of amides is 1. The molecule has 2 bridgehead atoms. The van der Waals surface area contributed by atoms with E-state index in [1.165, 1.54) is 5.56 Å². The van der Waals surface area contributed by atoms with Gasteiger partial charge in [-0.3, -0.25) is 9.69 Å². The summed E-state index contributed by atoms with van der Waals surface area (Å²) in [5, 5.41) is 2.13. The van der Waals surface area contributed by atoms with E-state index < -0.39 is 5.60 Å². The van der Waals surface area contributed by atoms with E-state index in [9.17, 15) is 9.59 Å². The molecule has 2 aromatic carbocycles. The number of morpholine rings is 1. The molecule has 29 heavy (non-hydrogen) atoms. The number of hydrogen-bond donors (Lipinski definition) is 0. The van der Waals surface area contributed by atoms with Gasteiger partial charge in [0.25, 0.3) is 0 Å². The highest BCUT2D eigenvalue weighted by Crippen LogP contribution is 2.36. The second kappa shape index (κ2) is 7.45. The molecule has 5 nitrogen and oxygen atoms in total. The Morgan fingerprint density at radius 2 is 1.62 bits per heavy atom. The van der Waals surface area contributed by atoms with Gasteiger partial charge in [-0.15, -0.1) is 0 Å². The Balaban J connectivity index is 1.59. The van der Waals surface area contributed by atoms with Crippen LogP contribution in [-0.2, 0) is 9.47 Å². The summed E-state index contributed by atoms with van der Waals surface area (Å²) in [6.07, 6.45) is 0.913. The number of ketones is 1. The van der Waals surface area contributed by atoms with E-state index >= 15 is 0 Å². The average Bonchev–Trinajstić information content (AvgIpc) is 2.65. The standard InChI is InChI=1S/C24H29NO4/c1-15-9-10-21(20-8-6-5-7-19(15)20)22(26)16-11-17-13-28-14-18(12-16)25(17)23(27)29-24(2,3)4/h5-10,16-18H,11-14H2,1-4H3. The van der Waals surface area contributed by atoms with Crippen molar-refractivity contribution in [2.24, 2.45) is 5.92 Å². The maximum absolute atomic E-state index is 13.5. The Morgan fingerprint density at radius 1 is 1.00 bits per heavy atom. The summed E-state index contributed by atoms with van der Waals surface area (Å²) in [5.74, 6) is 0.0561. The van der Waals surface area contributed by atoms with Crippen molar-refractivity contribution < 1.29 is 19.1 Å². The minimum absolute atomic E-state index is 0.112. The van der Waals surface area contributed by atoms with Crippen LogP contribution in [0.4, 0.5) is 4.79 Å². The van der Waals surface area contributed by atoms with Crippen LogP contribution in [0, 0.1) is 12.8 Å². The first kappa shape index (κ1) is 19.9. The van der Waals surface area contributed by atoms with Crippen LogP contribution in [0.5, 0.6) is 0 Å². The van der Waals surface area contributed by atoms with Gasteiger partial charge in [0.1, 0.15) is 5.60 Å². The van der Waals surface area contributed by atoms with Crippen LogP contribution in [0.1, 0.15) is 49.5 Å². The van der Waals surface area contributed by atoms with Crippen molar-refractivity contribution in [3.05, 3.63) is 47.5 Å². The summed E-state index contributed by atoms with van der Waals surface area (Å²) >= 11 is 0. The highest BCUT2D eigenvalue weighted by Gasteiger charge is 2.45. The van der Waals surface area contributed by atoms with Gasteiger partial charge in [-0.1, -0.05) is 36.4 Å². The molecule has 2 aliphatic rings. The van der Waals surface area contributed by atoms with Gasteiger partial charge in [0.05, 0.1) is 25.3 Å². The average molecular weight is 395 g/mol. The van der Waals surface area contributed by atoms with E-state index in [1.807, 2.05) is 56.0 Å². The first-order chi connectivity index (χ1) is 13.7. The number of rotatable bonds is 2. The first-order valence-electron chi connectivity index (χ1n) is 10.4. The molecule has 2 aromatic rings. The third-order valence-corrected chi connectivity index (χ3v) is 5.90. The quantitative estimate of drug-likeness (QED) is 0.689. The molecule has 2 heterocycles. The third-order valence-electron chi connectivity index (χ3n) is 5.90. The van der Waals surface area contributed by atoms with Gasteiger partial charge in [-0.2, -0.15) is 0 Å². The van der Waals surface area contributed by atoms with E-state index in [-0.39, 0.29) is 29.9 Å². The molecule has 0 spiro atoms. The van der Waals surface area contributed by atoms with Gasteiger partial charge in [0, 0.05) is 11.5 Å². The fourth-order valence-electron chi connectivity index (χ4n) is 4.63. The first-order valence-corrected chi connectivity index (χ1v) is 10.4. The largest absolute Gasteiger partial charge is 0.444 e. The van der Waals surface area contributed by atoms with Crippen molar-refractivity contribution in [2.75, 3.05) is 13.2 Å². The van der Waals surface area contributed by atoms with E-state index in [0.717, 1.165) is 16.3 Å². The van der Waals surface area contributed by atoms with Crippen molar-refractivity contribution in [3.63, 3.8) is 0 Å². The zero-order valence-electron chi connectivity index (χ0n) is 17.6. The Labute approximate surface area is 172 Å². The van der Waals surface area contributed by atoms with Gasteiger partial charge in [0.15, 0.2) is 5.78 Å². The van der Waals surface area contributed by atoms with E-state index in [0.29, 0.717) is 26.1 Å². The molecule has 1 amide bonds.